The van der Waals surface area contributed by atoms with Crippen molar-refractivity contribution >= 4 is 6.03 Å². The lowest BCUT2D eigenvalue weighted by Crippen LogP contribution is -2.39. The van der Waals surface area contributed by atoms with Crippen LogP contribution in [0.1, 0.15) is 18.4 Å². The Balaban J connectivity index is 1.66. The van der Waals surface area contributed by atoms with Crippen molar-refractivity contribution in [2.24, 2.45) is 0 Å². The lowest BCUT2D eigenvalue weighted by atomic mass is 10.1. The molecule has 0 aromatic heterocycles. The van der Waals surface area contributed by atoms with Crippen molar-refractivity contribution in [2.45, 2.75) is 25.4 Å². The lowest BCUT2D eigenvalue weighted by molar-refractivity contribution is 0.110. The van der Waals surface area contributed by atoms with E-state index in [1.165, 1.54) is 6.07 Å². The molecule has 5 heteroatoms. The van der Waals surface area contributed by atoms with E-state index in [1.807, 2.05) is 6.07 Å². The Hall–Kier alpha value is -1.62. The Morgan fingerprint density at radius 3 is 3.00 bits per heavy atom. The molecule has 110 valence electrons. The summed E-state index contributed by atoms with van der Waals surface area (Å²) in [6.45, 7) is 1.94. The predicted octanol–water partition coefficient (Wildman–Crippen LogP) is 2.19. The number of rotatable bonds is 5. The molecule has 0 radical (unpaired) electrons. The smallest absolute Gasteiger partial charge is 0.317 e. The number of carbonyl (C=O) groups excluding carboxylic acids is 1. The minimum atomic E-state index is -0.179. The van der Waals surface area contributed by atoms with Gasteiger partial charge in [0.1, 0.15) is 5.82 Å². The fraction of sp³-hybridized carbons (Fsp3) is 0.533. The summed E-state index contributed by atoms with van der Waals surface area (Å²) in [4.78, 5) is 13.6. The van der Waals surface area contributed by atoms with Crippen molar-refractivity contribution in [1.29, 1.82) is 0 Å². The maximum atomic E-state index is 13.4. The van der Waals surface area contributed by atoms with Gasteiger partial charge in [0.2, 0.25) is 0 Å². The number of benzene rings is 1. The van der Waals surface area contributed by atoms with Gasteiger partial charge in [-0.3, -0.25) is 0 Å². The van der Waals surface area contributed by atoms with E-state index in [4.69, 9.17) is 4.74 Å². The van der Waals surface area contributed by atoms with E-state index >= 15 is 0 Å². The molecule has 0 bridgehead atoms. The van der Waals surface area contributed by atoms with Crippen molar-refractivity contribution in [3.05, 3.63) is 35.6 Å². The summed E-state index contributed by atoms with van der Waals surface area (Å²) >= 11 is 0. The third-order valence-corrected chi connectivity index (χ3v) is 3.62. The minimum absolute atomic E-state index is 0.0573. The maximum absolute atomic E-state index is 13.4. The molecule has 4 nitrogen and oxygen atoms in total. The summed E-state index contributed by atoms with van der Waals surface area (Å²) < 4.78 is 18.6. The first kappa shape index (κ1) is 14.8. The van der Waals surface area contributed by atoms with Gasteiger partial charge in [-0.25, -0.2) is 9.18 Å². The van der Waals surface area contributed by atoms with Gasteiger partial charge in [-0.15, -0.1) is 0 Å². The number of methoxy groups -OCH3 is 1. The molecule has 20 heavy (non-hydrogen) atoms. The first-order chi connectivity index (χ1) is 9.70. The van der Waals surface area contributed by atoms with Crippen molar-refractivity contribution in [2.75, 3.05) is 26.7 Å². The molecule has 0 saturated carbocycles. The van der Waals surface area contributed by atoms with E-state index < -0.39 is 0 Å². The molecule has 1 N–H and O–H groups in total. The third-order valence-electron chi connectivity index (χ3n) is 3.62. The number of hydrogen-bond acceptors (Lipinski definition) is 2. The summed E-state index contributed by atoms with van der Waals surface area (Å²) in [6, 6.07) is 6.69. The Kier molecular flexibility index (Phi) is 5.35. The number of halogens is 1. The zero-order chi connectivity index (χ0) is 14.4. The molecule has 0 unspecified atom stereocenters. The lowest BCUT2D eigenvalue weighted by Gasteiger charge is -2.17. The van der Waals surface area contributed by atoms with Crippen LogP contribution in [-0.2, 0) is 11.2 Å². The maximum Gasteiger partial charge on any atom is 0.317 e. The number of urea groups is 1. The molecule has 1 fully saturated rings. The summed E-state index contributed by atoms with van der Waals surface area (Å²) in [5.74, 6) is -0.179. The zero-order valence-electron chi connectivity index (χ0n) is 11.8. The fourth-order valence-corrected chi connectivity index (χ4v) is 2.39. The highest BCUT2D eigenvalue weighted by Gasteiger charge is 2.25. The van der Waals surface area contributed by atoms with Crippen LogP contribution in [0.4, 0.5) is 9.18 Å². The Bertz CT molecular complexity index is 453. The number of carbonyl (C=O) groups is 1. The number of hydrogen-bond donors (Lipinski definition) is 1. The van der Waals surface area contributed by atoms with Gasteiger partial charge < -0.3 is 15.0 Å². The fourth-order valence-electron chi connectivity index (χ4n) is 2.39. The Labute approximate surface area is 118 Å². The van der Waals surface area contributed by atoms with E-state index in [2.05, 4.69) is 5.32 Å². The number of ether oxygens (including phenoxy) is 1. The van der Waals surface area contributed by atoms with Crippen LogP contribution in [0.15, 0.2) is 24.3 Å². The first-order valence-electron chi connectivity index (χ1n) is 6.99. The van der Waals surface area contributed by atoms with Gasteiger partial charge in [0.25, 0.3) is 0 Å². The number of nitrogens with one attached hydrogen (secondary N) is 1. The largest absolute Gasteiger partial charge is 0.380 e. The van der Waals surface area contributed by atoms with E-state index in [0.717, 1.165) is 19.4 Å². The van der Waals surface area contributed by atoms with Crippen molar-refractivity contribution in [1.82, 2.24) is 10.2 Å². The quantitative estimate of drug-likeness (QED) is 0.840. The van der Waals surface area contributed by atoms with Gasteiger partial charge in [0, 0.05) is 26.7 Å². The van der Waals surface area contributed by atoms with E-state index in [-0.39, 0.29) is 18.0 Å². The Morgan fingerprint density at radius 1 is 1.50 bits per heavy atom. The van der Waals surface area contributed by atoms with Crippen LogP contribution < -0.4 is 5.32 Å². The number of aryl methyl sites for hydroxylation is 1. The topological polar surface area (TPSA) is 41.6 Å². The van der Waals surface area contributed by atoms with Crippen molar-refractivity contribution in [3.8, 4) is 0 Å². The molecule has 1 aromatic rings. The standard InChI is InChI=1S/C15H21FN2O2/c1-20-13-8-10-18(11-13)15(19)17-9-4-6-12-5-2-3-7-14(12)16/h2-3,5,7,13H,4,6,8-11H2,1H3,(H,17,19)/t13-/m1/s1. The molecule has 1 aliphatic heterocycles. The normalized spacial score (nSPS) is 18.3. The van der Waals surface area contributed by atoms with E-state index in [0.29, 0.717) is 25.1 Å². The van der Waals surface area contributed by atoms with Gasteiger partial charge in [0.15, 0.2) is 0 Å². The molecule has 1 heterocycles. The molecular formula is C15H21FN2O2. The van der Waals surface area contributed by atoms with Crippen LogP contribution in [0.25, 0.3) is 0 Å². The molecule has 2 rings (SSSR count). The second-order valence-electron chi connectivity index (χ2n) is 5.02. The summed E-state index contributed by atoms with van der Waals surface area (Å²) in [5.41, 5.74) is 0.697. The molecule has 1 aromatic carbocycles. The second kappa shape index (κ2) is 7.24. The molecule has 2 amide bonds. The highest BCUT2D eigenvalue weighted by atomic mass is 19.1. The summed E-state index contributed by atoms with van der Waals surface area (Å²) in [7, 11) is 1.67. The molecule has 1 aliphatic rings. The van der Waals surface area contributed by atoms with Gasteiger partial charge in [0.05, 0.1) is 6.10 Å². The average Bonchev–Trinajstić information content (AvgIpc) is 2.94. The molecule has 0 spiro atoms. The highest BCUT2D eigenvalue weighted by molar-refractivity contribution is 5.74. The summed E-state index contributed by atoms with van der Waals surface area (Å²) in [6.07, 6.45) is 2.40. The van der Waals surface area contributed by atoms with Gasteiger partial charge in [-0.1, -0.05) is 18.2 Å². The van der Waals surface area contributed by atoms with E-state index in [9.17, 15) is 9.18 Å². The van der Waals surface area contributed by atoms with Gasteiger partial charge in [-0.05, 0) is 30.9 Å². The number of likely N-dealkylation sites (tertiary alicyclic amines) is 1. The van der Waals surface area contributed by atoms with Crippen LogP contribution in [-0.4, -0.2) is 43.8 Å². The van der Waals surface area contributed by atoms with Crippen LogP contribution in [0.3, 0.4) is 0 Å². The predicted molar refractivity (Wildman–Crippen MR) is 75.1 cm³/mol. The van der Waals surface area contributed by atoms with Crippen LogP contribution in [0.2, 0.25) is 0 Å². The average molecular weight is 280 g/mol. The van der Waals surface area contributed by atoms with Gasteiger partial charge in [-0.2, -0.15) is 0 Å². The Morgan fingerprint density at radius 2 is 2.30 bits per heavy atom. The highest BCUT2D eigenvalue weighted by Crippen LogP contribution is 2.12. The first-order valence-corrected chi connectivity index (χ1v) is 6.99. The molecule has 1 saturated heterocycles. The van der Waals surface area contributed by atoms with Crippen LogP contribution in [0, 0.1) is 5.82 Å². The van der Waals surface area contributed by atoms with Gasteiger partial charge >= 0.3 is 6.03 Å². The monoisotopic (exact) mass is 280 g/mol. The van der Waals surface area contributed by atoms with Crippen LogP contribution in [0.5, 0.6) is 0 Å². The van der Waals surface area contributed by atoms with Crippen molar-refractivity contribution < 1.29 is 13.9 Å². The van der Waals surface area contributed by atoms with Crippen molar-refractivity contribution in [3.63, 3.8) is 0 Å². The number of amides is 2. The molecule has 1 atom stereocenters. The van der Waals surface area contributed by atoms with Crippen LogP contribution >= 0.6 is 0 Å². The summed E-state index contributed by atoms with van der Waals surface area (Å²) in [5, 5.41) is 2.87. The zero-order valence-corrected chi connectivity index (χ0v) is 11.8. The molecular weight excluding hydrogens is 259 g/mol. The number of nitrogens with zero attached hydrogens (tertiary/aromatic N) is 1. The molecule has 0 aliphatic carbocycles. The van der Waals surface area contributed by atoms with E-state index in [1.54, 1.807) is 24.1 Å². The minimum Gasteiger partial charge on any atom is -0.380 e. The SMILES string of the molecule is CO[C@@H]1CCN(C(=O)NCCCc2ccccc2F)C1. The third kappa shape index (κ3) is 3.93. The second-order valence-corrected chi connectivity index (χ2v) is 5.02.